The number of ether oxygens (including phenoxy) is 1. The summed E-state index contributed by atoms with van der Waals surface area (Å²) in [4.78, 5) is 14.2. The smallest absolute Gasteiger partial charge is 0.410 e. The van der Waals surface area contributed by atoms with Crippen molar-refractivity contribution in [3.63, 3.8) is 0 Å². The Balaban J connectivity index is 2.49. The highest BCUT2D eigenvalue weighted by atomic mass is 16.6. The van der Waals surface area contributed by atoms with Crippen LogP contribution in [0.5, 0.6) is 0 Å². The van der Waals surface area contributed by atoms with Gasteiger partial charge in [-0.2, -0.15) is 0 Å². The van der Waals surface area contributed by atoms with Gasteiger partial charge >= 0.3 is 6.09 Å². The van der Waals surface area contributed by atoms with Gasteiger partial charge in [0.15, 0.2) is 0 Å². The SMILES string of the molecule is CC(C)(C)OC(=O)N(CCNCC1C(C)(C)C1(C)C)C(C)(C)C. The summed E-state index contributed by atoms with van der Waals surface area (Å²) in [5, 5.41) is 3.53. The van der Waals surface area contributed by atoms with Crippen molar-refractivity contribution in [3.05, 3.63) is 0 Å². The molecular formula is C19H38N2O2. The molecule has 4 nitrogen and oxygen atoms in total. The summed E-state index contributed by atoms with van der Waals surface area (Å²) < 4.78 is 5.54. The van der Waals surface area contributed by atoms with Crippen molar-refractivity contribution in [2.75, 3.05) is 19.6 Å². The van der Waals surface area contributed by atoms with Gasteiger partial charge in [-0.1, -0.05) is 27.7 Å². The van der Waals surface area contributed by atoms with E-state index in [1.807, 2.05) is 46.4 Å². The molecule has 0 unspecified atom stereocenters. The maximum atomic E-state index is 12.4. The zero-order chi connectivity index (χ0) is 18.3. The molecule has 0 heterocycles. The topological polar surface area (TPSA) is 41.6 Å². The third-order valence-electron chi connectivity index (χ3n) is 5.60. The first-order chi connectivity index (χ1) is 10.1. The second-order valence-corrected chi connectivity index (χ2v) is 10.0. The number of hydrogen-bond donors (Lipinski definition) is 1. The zero-order valence-electron chi connectivity index (χ0n) is 17.0. The molecule has 0 saturated heterocycles. The van der Waals surface area contributed by atoms with E-state index in [4.69, 9.17) is 4.74 Å². The van der Waals surface area contributed by atoms with Crippen LogP contribution in [0.4, 0.5) is 4.79 Å². The molecule has 1 amide bonds. The Morgan fingerprint density at radius 3 is 1.87 bits per heavy atom. The predicted molar refractivity (Wildman–Crippen MR) is 96.6 cm³/mol. The quantitative estimate of drug-likeness (QED) is 0.766. The van der Waals surface area contributed by atoms with E-state index >= 15 is 0 Å². The number of carbonyl (C=O) groups is 1. The fourth-order valence-electron chi connectivity index (χ4n) is 3.30. The van der Waals surface area contributed by atoms with Crippen LogP contribution in [-0.4, -0.2) is 41.8 Å². The van der Waals surface area contributed by atoms with E-state index in [-0.39, 0.29) is 11.6 Å². The lowest BCUT2D eigenvalue weighted by Gasteiger charge is -2.37. The van der Waals surface area contributed by atoms with Crippen LogP contribution in [0.15, 0.2) is 0 Å². The van der Waals surface area contributed by atoms with Crippen molar-refractivity contribution < 1.29 is 9.53 Å². The van der Waals surface area contributed by atoms with E-state index in [1.165, 1.54) is 0 Å². The van der Waals surface area contributed by atoms with Gasteiger partial charge in [-0.25, -0.2) is 4.79 Å². The van der Waals surface area contributed by atoms with Gasteiger partial charge in [0, 0.05) is 18.6 Å². The lowest BCUT2D eigenvalue weighted by Crippen LogP contribution is -2.50. The fourth-order valence-corrected chi connectivity index (χ4v) is 3.30. The van der Waals surface area contributed by atoms with Crippen molar-refractivity contribution in [2.24, 2.45) is 16.7 Å². The lowest BCUT2D eigenvalue weighted by atomic mass is 10.0. The van der Waals surface area contributed by atoms with Gasteiger partial charge in [-0.3, -0.25) is 0 Å². The third kappa shape index (κ3) is 4.85. The van der Waals surface area contributed by atoms with Crippen LogP contribution in [0.3, 0.4) is 0 Å². The van der Waals surface area contributed by atoms with Crippen molar-refractivity contribution in [2.45, 2.75) is 80.4 Å². The van der Waals surface area contributed by atoms with Gasteiger partial charge in [0.1, 0.15) is 5.60 Å². The number of carbonyl (C=O) groups excluding carboxylic acids is 1. The number of nitrogens with one attached hydrogen (secondary N) is 1. The highest BCUT2D eigenvalue weighted by molar-refractivity contribution is 5.69. The average Bonchev–Trinajstić information content (AvgIpc) is 2.66. The summed E-state index contributed by atoms with van der Waals surface area (Å²) in [6.45, 7) is 23.6. The maximum Gasteiger partial charge on any atom is 0.410 e. The van der Waals surface area contributed by atoms with E-state index < -0.39 is 5.60 Å². The Labute approximate surface area is 143 Å². The van der Waals surface area contributed by atoms with Crippen LogP contribution in [0, 0.1) is 16.7 Å². The number of amides is 1. The summed E-state index contributed by atoms with van der Waals surface area (Å²) in [6.07, 6.45) is -0.237. The van der Waals surface area contributed by atoms with Gasteiger partial charge in [0.25, 0.3) is 0 Å². The molecule has 1 fully saturated rings. The predicted octanol–water partition coefficient (Wildman–Crippen LogP) is 4.29. The minimum absolute atomic E-state index is 0.237. The van der Waals surface area contributed by atoms with Crippen molar-refractivity contribution in [1.29, 1.82) is 0 Å². The van der Waals surface area contributed by atoms with E-state index in [2.05, 4.69) is 33.0 Å². The number of nitrogens with zero attached hydrogens (tertiary/aromatic N) is 1. The van der Waals surface area contributed by atoms with Crippen LogP contribution in [-0.2, 0) is 4.74 Å². The van der Waals surface area contributed by atoms with Gasteiger partial charge in [-0.15, -0.1) is 0 Å². The molecule has 1 rings (SSSR count). The van der Waals surface area contributed by atoms with Crippen LogP contribution in [0.25, 0.3) is 0 Å². The number of rotatable bonds is 5. The molecule has 0 radical (unpaired) electrons. The highest BCUT2D eigenvalue weighted by Crippen LogP contribution is 2.67. The number of hydrogen-bond acceptors (Lipinski definition) is 3. The lowest BCUT2D eigenvalue weighted by molar-refractivity contribution is 0.00662. The normalized spacial score (nSPS) is 20.3. The van der Waals surface area contributed by atoms with E-state index in [0.717, 1.165) is 13.1 Å². The van der Waals surface area contributed by atoms with E-state index in [1.54, 1.807) is 0 Å². The average molecular weight is 327 g/mol. The van der Waals surface area contributed by atoms with Crippen molar-refractivity contribution >= 4 is 6.09 Å². The first-order valence-corrected chi connectivity index (χ1v) is 8.82. The fraction of sp³-hybridized carbons (Fsp3) is 0.947. The summed E-state index contributed by atoms with van der Waals surface area (Å²) in [6, 6.07) is 0. The molecule has 0 bridgehead atoms. The summed E-state index contributed by atoms with van der Waals surface area (Å²) in [7, 11) is 0. The standard InChI is InChI=1S/C19H38N2O2/c1-16(2,3)21(15(22)23-17(4,5)6)12-11-20-13-14-18(7,8)19(14,9)10/h14,20H,11-13H2,1-10H3. The minimum atomic E-state index is -0.462. The van der Waals surface area contributed by atoms with Crippen molar-refractivity contribution in [1.82, 2.24) is 10.2 Å². The van der Waals surface area contributed by atoms with Crippen LogP contribution < -0.4 is 5.32 Å². The Morgan fingerprint density at radius 1 is 1.04 bits per heavy atom. The monoisotopic (exact) mass is 326 g/mol. The molecule has 0 aliphatic heterocycles. The van der Waals surface area contributed by atoms with Crippen LogP contribution in [0.1, 0.15) is 69.2 Å². The van der Waals surface area contributed by atoms with Gasteiger partial charge < -0.3 is 15.0 Å². The zero-order valence-corrected chi connectivity index (χ0v) is 17.0. The molecular weight excluding hydrogens is 288 g/mol. The largest absolute Gasteiger partial charge is 0.444 e. The highest BCUT2D eigenvalue weighted by Gasteiger charge is 2.63. The molecule has 1 aliphatic rings. The molecule has 1 N–H and O–H groups in total. The summed E-state index contributed by atoms with van der Waals surface area (Å²) in [5.41, 5.74) is 0.0853. The van der Waals surface area contributed by atoms with Gasteiger partial charge in [0.2, 0.25) is 0 Å². The first-order valence-electron chi connectivity index (χ1n) is 8.82. The maximum absolute atomic E-state index is 12.4. The second kappa shape index (κ2) is 6.27. The molecule has 0 atom stereocenters. The molecule has 0 spiro atoms. The third-order valence-corrected chi connectivity index (χ3v) is 5.60. The molecule has 4 heteroatoms. The molecule has 23 heavy (non-hydrogen) atoms. The second-order valence-electron chi connectivity index (χ2n) is 10.0. The first kappa shape index (κ1) is 20.3. The van der Waals surface area contributed by atoms with E-state index in [9.17, 15) is 4.79 Å². The Morgan fingerprint density at radius 2 is 1.52 bits per heavy atom. The molecule has 1 saturated carbocycles. The Bertz CT molecular complexity index is 414. The summed E-state index contributed by atoms with van der Waals surface area (Å²) in [5.74, 6) is 0.694. The molecule has 0 aromatic carbocycles. The van der Waals surface area contributed by atoms with Gasteiger partial charge in [0.05, 0.1) is 0 Å². The minimum Gasteiger partial charge on any atom is -0.444 e. The summed E-state index contributed by atoms with van der Waals surface area (Å²) >= 11 is 0. The van der Waals surface area contributed by atoms with Gasteiger partial charge in [-0.05, 0) is 64.8 Å². The van der Waals surface area contributed by atoms with E-state index in [0.29, 0.717) is 23.3 Å². The Hall–Kier alpha value is -0.770. The Kier molecular flexibility index (Phi) is 5.53. The molecule has 1 aliphatic carbocycles. The molecule has 136 valence electrons. The van der Waals surface area contributed by atoms with Crippen LogP contribution in [0.2, 0.25) is 0 Å². The molecule has 0 aromatic rings. The molecule has 0 aromatic heterocycles. The van der Waals surface area contributed by atoms with Crippen molar-refractivity contribution in [3.8, 4) is 0 Å². The van der Waals surface area contributed by atoms with Crippen LogP contribution >= 0.6 is 0 Å².